The van der Waals surface area contributed by atoms with E-state index in [1.165, 1.54) is 29.4 Å². The zero-order valence-corrected chi connectivity index (χ0v) is 18.1. The fraction of sp³-hybridized carbons (Fsp3) is 0.429. The van der Waals surface area contributed by atoms with Gasteiger partial charge in [0.25, 0.3) is 0 Å². The second-order valence-corrected chi connectivity index (χ2v) is 10.2. The van der Waals surface area contributed by atoms with Crippen molar-refractivity contribution in [2.75, 3.05) is 13.1 Å². The van der Waals surface area contributed by atoms with Crippen LogP contribution in [-0.4, -0.2) is 39.9 Å². The molecule has 4 rings (SSSR count). The maximum atomic E-state index is 13.6. The molecule has 1 fully saturated rings. The van der Waals surface area contributed by atoms with Gasteiger partial charge in [-0.25, -0.2) is 22.6 Å². The first-order chi connectivity index (χ1) is 14.2. The molecule has 1 saturated heterocycles. The lowest BCUT2D eigenvalue weighted by molar-refractivity contribution is 0.442. The number of aromatic nitrogens is 3. The van der Waals surface area contributed by atoms with Gasteiger partial charge in [0.15, 0.2) is 5.65 Å². The van der Waals surface area contributed by atoms with Crippen molar-refractivity contribution >= 4 is 21.2 Å². The van der Waals surface area contributed by atoms with Gasteiger partial charge < -0.3 is 0 Å². The predicted molar refractivity (Wildman–Crippen MR) is 112 cm³/mol. The molecule has 0 N–H and O–H groups in total. The molecular formula is C21H25FN4O3S. The molecule has 1 aromatic carbocycles. The zero-order chi connectivity index (χ0) is 21.6. The first kappa shape index (κ1) is 20.7. The van der Waals surface area contributed by atoms with Crippen LogP contribution < -0.4 is 5.69 Å². The molecule has 0 spiro atoms. The third kappa shape index (κ3) is 3.45. The Balaban J connectivity index is 1.70. The third-order valence-corrected chi connectivity index (χ3v) is 7.39. The van der Waals surface area contributed by atoms with Gasteiger partial charge in [-0.2, -0.15) is 4.31 Å². The molecule has 1 aliphatic rings. The summed E-state index contributed by atoms with van der Waals surface area (Å²) in [5.74, 6) is -0.159. The van der Waals surface area contributed by atoms with E-state index >= 15 is 0 Å². The summed E-state index contributed by atoms with van der Waals surface area (Å²) in [4.78, 5) is 17.7. The molecule has 3 aromatic rings. The molecular weight excluding hydrogens is 407 g/mol. The second-order valence-electron chi connectivity index (χ2n) is 8.22. The fourth-order valence-electron chi connectivity index (χ4n) is 4.05. The standard InChI is InChI=1S/C21H25FN4O3S/c1-14(2)12-25-19-5-4-9-23-20(19)26(21(25)27)16-8-10-24(13-16)30(28,29)17-6-7-18(22)15(3)11-17/h4-7,9,11,14,16H,8,10,12-13H2,1-3H3. The third-order valence-electron chi connectivity index (χ3n) is 5.53. The van der Waals surface area contributed by atoms with Gasteiger partial charge in [-0.3, -0.25) is 9.13 Å². The predicted octanol–water partition coefficient (Wildman–Crippen LogP) is 2.94. The summed E-state index contributed by atoms with van der Waals surface area (Å²) in [6.45, 7) is 6.66. The Morgan fingerprint density at radius 3 is 2.73 bits per heavy atom. The average molecular weight is 433 g/mol. The maximum Gasteiger partial charge on any atom is 0.330 e. The highest BCUT2D eigenvalue weighted by Gasteiger charge is 2.35. The highest BCUT2D eigenvalue weighted by molar-refractivity contribution is 7.89. The van der Waals surface area contributed by atoms with E-state index < -0.39 is 15.8 Å². The van der Waals surface area contributed by atoms with E-state index in [-0.39, 0.29) is 34.7 Å². The zero-order valence-electron chi connectivity index (χ0n) is 17.2. The van der Waals surface area contributed by atoms with Crippen LogP contribution in [0.1, 0.15) is 31.9 Å². The summed E-state index contributed by atoms with van der Waals surface area (Å²) in [5.41, 5.74) is 1.44. The molecule has 30 heavy (non-hydrogen) atoms. The Morgan fingerprint density at radius 2 is 2.03 bits per heavy atom. The van der Waals surface area contributed by atoms with Gasteiger partial charge in [-0.1, -0.05) is 13.8 Å². The minimum atomic E-state index is -3.77. The summed E-state index contributed by atoms with van der Waals surface area (Å²) < 4.78 is 44.4. The number of hydrogen-bond acceptors (Lipinski definition) is 4. The molecule has 3 heterocycles. The molecule has 0 aliphatic carbocycles. The first-order valence-corrected chi connectivity index (χ1v) is 11.5. The molecule has 0 radical (unpaired) electrons. The molecule has 0 saturated carbocycles. The summed E-state index contributed by atoms with van der Waals surface area (Å²) in [6, 6.07) is 7.16. The molecule has 160 valence electrons. The highest BCUT2D eigenvalue weighted by atomic mass is 32.2. The largest absolute Gasteiger partial charge is 0.330 e. The second kappa shape index (κ2) is 7.63. The van der Waals surface area contributed by atoms with E-state index in [1.807, 2.05) is 19.9 Å². The quantitative estimate of drug-likeness (QED) is 0.621. The SMILES string of the molecule is Cc1cc(S(=O)(=O)N2CCC(n3c(=O)n(CC(C)C)c4cccnc43)C2)ccc1F. The number of rotatable bonds is 5. The monoisotopic (exact) mass is 432 g/mol. The van der Waals surface area contributed by atoms with Crippen molar-refractivity contribution in [3.63, 3.8) is 0 Å². The lowest BCUT2D eigenvalue weighted by Crippen LogP contribution is -2.32. The van der Waals surface area contributed by atoms with Crippen LogP contribution in [0.5, 0.6) is 0 Å². The summed E-state index contributed by atoms with van der Waals surface area (Å²) in [6.07, 6.45) is 2.15. The van der Waals surface area contributed by atoms with E-state index in [2.05, 4.69) is 4.98 Å². The molecule has 2 aromatic heterocycles. The van der Waals surface area contributed by atoms with Crippen molar-refractivity contribution in [2.45, 2.75) is 44.7 Å². The van der Waals surface area contributed by atoms with E-state index in [0.717, 1.165) is 5.52 Å². The summed E-state index contributed by atoms with van der Waals surface area (Å²) in [5, 5.41) is 0. The molecule has 1 aliphatic heterocycles. The van der Waals surface area contributed by atoms with Crippen LogP contribution in [0.4, 0.5) is 4.39 Å². The number of imidazole rings is 1. The number of aryl methyl sites for hydroxylation is 1. The molecule has 1 unspecified atom stereocenters. The number of halogens is 1. The van der Waals surface area contributed by atoms with Gasteiger partial charge in [0.2, 0.25) is 10.0 Å². The Kier molecular flexibility index (Phi) is 5.27. The lowest BCUT2D eigenvalue weighted by atomic mass is 10.2. The molecule has 9 heteroatoms. The van der Waals surface area contributed by atoms with Crippen LogP contribution in [0.15, 0.2) is 46.2 Å². The Labute approximate surface area is 174 Å². The summed E-state index contributed by atoms with van der Waals surface area (Å²) >= 11 is 0. The van der Waals surface area contributed by atoms with E-state index in [9.17, 15) is 17.6 Å². The number of benzene rings is 1. The Hall–Kier alpha value is -2.52. The van der Waals surface area contributed by atoms with Gasteiger partial charge in [-0.05, 0) is 55.2 Å². The van der Waals surface area contributed by atoms with Gasteiger partial charge >= 0.3 is 5.69 Å². The molecule has 0 bridgehead atoms. The van der Waals surface area contributed by atoms with Gasteiger partial charge in [0.1, 0.15) is 5.82 Å². The molecule has 0 amide bonds. The average Bonchev–Trinajstić information content (AvgIpc) is 3.28. The van der Waals surface area contributed by atoms with Crippen LogP contribution in [0.25, 0.3) is 11.2 Å². The topological polar surface area (TPSA) is 77.2 Å². The van der Waals surface area contributed by atoms with Gasteiger partial charge in [0.05, 0.1) is 16.5 Å². The molecule has 7 nitrogen and oxygen atoms in total. The number of sulfonamides is 1. The number of nitrogens with zero attached hydrogens (tertiary/aromatic N) is 4. The Morgan fingerprint density at radius 1 is 1.27 bits per heavy atom. The van der Waals surface area contributed by atoms with E-state index in [4.69, 9.17) is 0 Å². The van der Waals surface area contributed by atoms with E-state index in [0.29, 0.717) is 25.2 Å². The van der Waals surface area contributed by atoms with Crippen molar-refractivity contribution in [1.82, 2.24) is 18.4 Å². The van der Waals surface area contributed by atoms with Crippen LogP contribution in [0, 0.1) is 18.7 Å². The minimum absolute atomic E-state index is 0.0646. The smallest absolute Gasteiger partial charge is 0.290 e. The van der Waals surface area contributed by atoms with Crippen molar-refractivity contribution in [2.24, 2.45) is 5.92 Å². The normalized spacial score (nSPS) is 18.0. The van der Waals surface area contributed by atoms with Crippen LogP contribution >= 0.6 is 0 Å². The van der Waals surface area contributed by atoms with Crippen LogP contribution in [-0.2, 0) is 16.6 Å². The van der Waals surface area contributed by atoms with Crippen molar-refractivity contribution in [1.29, 1.82) is 0 Å². The van der Waals surface area contributed by atoms with Crippen molar-refractivity contribution in [3.8, 4) is 0 Å². The highest BCUT2D eigenvalue weighted by Crippen LogP contribution is 2.29. The van der Waals surface area contributed by atoms with Crippen LogP contribution in [0.2, 0.25) is 0 Å². The van der Waals surface area contributed by atoms with Crippen molar-refractivity contribution < 1.29 is 12.8 Å². The van der Waals surface area contributed by atoms with Crippen molar-refractivity contribution in [3.05, 3.63) is 58.4 Å². The molecule has 1 atom stereocenters. The fourth-order valence-corrected chi connectivity index (χ4v) is 5.62. The minimum Gasteiger partial charge on any atom is -0.290 e. The number of pyridine rings is 1. The summed E-state index contributed by atoms with van der Waals surface area (Å²) in [7, 11) is -3.77. The van der Waals surface area contributed by atoms with Crippen LogP contribution in [0.3, 0.4) is 0 Å². The van der Waals surface area contributed by atoms with E-state index in [1.54, 1.807) is 21.4 Å². The Bertz CT molecular complexity index is 1260. The first-order valence-electron chi connectivity index (χ1n) is 10.0. The number of fused-ring (bicyclic) bond motifs is 1. The number of hydrogen-bond donors (Lipinski definition) is 0. The lowest BCUT2D eigenvalue weighted by Gasteiger charge is -2.17. The van der Waals surface area contributed by atoms with Gasteiger partial charge in [-0.15, -0.1) is 0 Å². The maximum absolute atomic E-state index is 13.6. The van der Waals surface area contributed by atoms with Gasteiger partial charge in [0, 0.05) is 25.8 Å².